The standard InChI is InChI=1S/C23H29BrN3O3P/c1-4-6-13-25-23-20-14-19(24)11-12-21(20)26-22(27-23)18-9-7-17(8-10-18)15-31(28,29)30-16(3)5-2/h7-12,14,16H,4-6,13,15H2,1-3H3,(H,28,29)(H,25,26,27). The van der Waals surface area contributed by atoms with Gasteiger partial charge in [0.15, 0.2) is 5.82 Å². The van der Waals surface area contributed by atoms with Crippen LogP contribution in [0, 0.1) is 0 Å². The number of hydrogen-bond donors (Lipinski definition) is 2. The Hall–Kier alpha value is -1.79. The summed E-state index contributed by atoms with van der Waals surface area (Å²) in [4.78, 5) is 19.6. The number of nitrogens with one attached hydrogen (secondary N) is 1. The smallest absolute Gasteiger partial charge is 0.332 e. The Kier molecular flexibility index (Phi) is 8.23. The highest BCUT2D eigenvalue weighted by Gasteiger charge is 2.22. The van der Waals surface area contributed by atoms with Crippen molar-refractivity contribution in [3.05, 3.63) is 52.5 Å². The molecule has 3 aromatic rings. The zero-order valence-electron chi connectivity index (χ0n) is 18.1. The number of hydrogen-bond acceptors (Lipinski definition) is 5. The van der Waals surface area contributed by atoms with Crippen LogP contribution >= 0.6 is 23.5 Å². The molecule has 0 spiro atoms. The molecule has 0 bridgehead atoms. The maximum absolute atomic E-state index is 12.3. The number of anilines is 1. The van der Waals surface area contributed by atoms with Crippen LogP contribution in [0.1, 0.15) is 45.6 Å². The van der Waals surface area contributed by atoms with E-state index in [1.165, 1.54) is 0 Å². The van der Waals surface area contributed by atoms with Crippen molar-refractivity contribution in [1.29, 1.82) is 0 Å². The minimum Gasteiger partial charge on any atom is -0.369 e. The fourth-order valence-corrected chi connectivity index (χ4v) is 4.95. The Morgan fingerprint density at radius 2 is 1.90 bits per heavy atom. The highest BCUT2D eigenvalue weighted by molar-refractivity contribution is 9.10. The summed E-state index contributed by atoms with van der Waals surface area (Å²) in [6.45, 7) is 6.72. The first-order chi connectivity index (χ1) is 14.8. The number of halogens is 1. The number of rotatable bonds is 10. The zero-order valence-corrected chi connectivity index (χ0v) is 20.6. The third kappa shape index (κ3) is 6.59. The average Bonchev–Trinajstić information content (AvgIpc) is 2.73. The first kappa shape index (κ1) is 23.9. The second-order valence-corrected chi connectivity index (χ2v) is 10.4. The van der Waals surface area contributed by atoms with Crippen molar-refractivity contribution < 1.29 is 14.0 Å². The van der Waals surface area contributed by atoms with Crippen molar-refractivity contribution in [2.75, 3.05) is 11.9 Å². The predicted octanol–water partition coefficient (Wildman–Crippen LogP) is 6.77. The van der Waals surface area contributed by atoms with E-state index in [-0.39, 0.29) is 12.3 Å². The van der Waals surface area contributed by atoms with Gasteiger partial charge < -0.3 is 14.7 Å². The van der Waals surface area contributed by atoms with Crippen LogP contribution in [0.4, 0.5) is 5.82 Å². The molecule has 1 heterocycles. The van der Waals surface area contributed by atoms with Crippen LogP contribution in [0.5, 0.6) is 0 Å². The summed E-state index contributed by atoms with van der Waals surface area (Å²) in [7, 11) is -3.68. The highest BCUT2D eigenvalue weighted by Crippen LogP contribution is 2.47. The van der Waals surface area contributed by atoms with Gasteiger partial charge in [-0.3, -0.25) is 4.57 Å². The van der Waals surface area contributed by atoms with Gasteiger partial charge in [0, 0.05) is 22.0 Å². The molecule has 166 valence electrons. The van der Waals surface area contributed by atoms with Crippen molar-refractivity contribution in [3.8, 4) is 11.4 Å². The molecule has 2 unspecified atom stereocenters. The van der Waals surface area contributed by atoms with Crippen molar-refractivity contribution in [2.24, 2.45) is 0 Å². The number of benzene rings is 2. The lowest BCUT2D eigenvalue weighted by molar-refractivity contribution is 0.185. The molecule has 2 N–H and O–H groups in total. The quantitative estimate of drug-likeness (QED) is 0.233. The molecule has 0 aliphatic rings. The van der Waals surface area contributed by atoms with Gasteiger partial charge in [-0.05, 0) is 43.5 Å². The molecule has 1 aromatic heterocycles. The van der Waals surface area contributed by atoms with E-state index in [1.54, 1.807) is 6.92 Å². The molecule has 0 radical (unpaired) electrons. The lowest BCUT2D eigenvalue weighted by Gasteiger charge is -2.17. The molecule has 0 amide bonds. The summed E-state index contributed by atoms with van der Waals surface area (Å²) >= 11 is 3.53. The van der Waals surface area contributed by atoms with E-state index < -0.39 is 7.60 Å². The zero-order chi connectivity index (χ0) is 22.4. The maximum atomic E-state index is 12.3. The molecule has 2 atom stereocenters. The van der Waals surface area contributed by atoms with Crippen LogP contribution < -0.4 is 5.32 Å². The van der Waals surface area contributed by atoms with Gasteiger partial charge in [-0.1, -0.05) is 60.5 Å². The maximum Gasteiger partial charge on any atom is 0.332 e. The van der Waals surface area contributed by atoms with Crippen LogP contribution in [0.15, 0.2) is 46.9 Å². The van der Waals surface area contributed by atoms with Gasteiger partial charge in [-0.25, -0.2) is 9.97 Å². The Labute approximate surface area is 192 Å². The van der Waals surface area contributed by atoms with Gasteiger partial charge in [0.2, 0.25) is 0 Å². The second-order valence-electron chi connectivity index (χ2n) is 7.65. The van der Waals surface area contributed by atoms with Gasteiger partial charge in [0.25, 0.3) is 0 Å². The Morgan fingerprint density at radius 1 is 1.16 bits per heavy atom. The molecule has 0 aliphatic heterocycles. The minimum absolute atomic E-state index is 0.0198. The molecule has 0 saturated carbocycles. The predicted molar refractivity (Wildman–Crippen MR) is 130 cm³/mol. The van der Waals surface area contributed by atoms with Crippen molar-refractivity contribution in [2.45, 2.75) is 52.3 Å². The average molecular weight is 506 g/mol. The Bertz CT molecular complexity index is 1080. The summed E-state index contributed by atoms with van der Waals surface area (Å²) in [5, 5.41) is 4.40. The third-order valence-electron chi connectivity index (χ3n) is 4.99. The molecule has 0 saturated heterocycles. The first-order valence-corrected chi connectivity index (χ1v) is 13.2. The minimum atomic E-state index is -3.68. The SMILES string of the molecule is CCCCNc1nc(-c2ccc(CP(=O)(O)OC(C)CC)cc2)nc2ccc(Br)cc12. The van der Waals surface area contributed by atoms with Crippen LogP contribution in [0.3, 0.4) is 0 Å². The molecule has 31 heavy (non-hydrogen) atoms. The van der Waals surface area contributed by atoms with Crippen LogP contribution in [0.25, 0.3) is 22.3 Å². The molecule has 2 aromatic carbocycles. The molecule has 6 nitrogen and oxygen atoms in total. The molecule has 3 rings (SSSR count). The molecule has 0 fully saturated rings. The topological polar surface area (TPSA) is 84.3 Å². The first-order valence-electron chi connectivity index (χ1n) is 10.6. The monoisotopic (exact) mass is 505 g/mol. The molecule has 8 heteroatoms. The largest absolute Gasteiger partial charge is 0.369 e. The van der Waals surface area contributed by atoms with Gasteiger partial charge in [-0.15, -0.1) is 0 Å². The molecule has 0 aliphatic carbocycles. The van der Waals surface area contributed by atoms with Crippen LogP contribution in [-0.4, -0.2) is 27.5 Å². The van der Waals surface area contributed by atoms with E-state index in [1.807, 2.05) is 49.4 Å². The van der Waals surface area contributed by atoms with Gasteiger partial charge in [-0.2, -0.15) is 0 Å². The van der Waals surface area contributed by atoms with Gasteiger partial charge in [0.05, 0.1) is 17.8 Å². The van der Waals surface area contributed by atoms with E-state index in [4.69, 9.17) is 14.5 Å². The van der Waals surface area contributed by atoms with Crippen LogP contribution in [-0.2, 0) is 15.3 Å². The van der Waals surface area contributed by atoms with Gasteiger partial charge in [0.1, 0.15) is 5.82 Å². The summed E-state index contributed by atoms with van der Waals surface area (Å²) in [6, 6.07) is 13.4. The van der Waals surface area contributed by atoms with Crippen molar-refractivity contribution >= 4 is 40.2 Å². The Balaban J connectivity index is 1.87. The highest BCUT2D eigenvalue weighted by atomic mass is 79.9. The van der Waals surface area contributed by atoms with E-state index in [0.717, 1.165) is 51.7 Å². The van der Waals surface area contributed by atoms with E-state index in [2.05, 4.69) is 28.2 Å². The number of fused-ring (bicyclic) bond motifs is 1. The summed E-state index contributed by atoms with van der Waals surface area (Å²) in [5.74, 6) is 1.42. The fourth-order valence-electron chi connectivity index (χ4n) is 3.13. The lowest BCUT2D eigenvalue weighted by atomic mass is 10.1. The van der Waals surface area contributed by atoms with Crippen LogP contribution in [0.2, 0.25) is 0 Å². The second kappa shape index (κ2) is 10.7. The number of unbranched alkanes of at least 4 members (excludes halogenated alkanes) is 1. The third-order valence-corrected chi connectivity index (χ3v) is 6.94. The number of aromatic nitrogens is 2. The van der Waals surface area contributed by atoms with E-state index in [0.29, 0.717) is 12.2 Å². The summed E-state index contributed by atoms with van der Waals surface area (Å²) < 4.78 is 18.6. The van der Waals surface area contributed by atoms with Gasteiger partial charge >= 0.3 is 7.60 Å². The molecular formula is C23H29BrN3O3P. The van der Waals surface area contributed by atoms with E-state index >= 15 is 0 Å². The van der Waals surface area contributed by atoms with Crippen molar-refractivity contribution in [1.82, 2.24) is 9.97 Å². The normalized spacial score (nSPS) is 14.4. The molecular weight excluding hydrogens is 477 g/mol. The fraction of sp³-hybridized carbons (Fsp3) is 0.391. The van der Waals surface area contributed by atoms with Crippen molar-refractivity contribution in [3.63, 3.8) is 0 Å². The van der Waals surface area contributed by atoms with E-state index in [9.17, 15) is 9.46 Å². The summed E-state index contributed by atoms with van der Waals surface area (Å²) in [6.07, 6.45) is 2.58. The number of nitrogens with zero attached hydrogens (tertiary/aromatic N) is 2. The Morgan fingerprint density at radius 3 is 2.58 bits per heavy atom. The summed E-state index contributed by atoms with van der Waals surface area (Å²) in [5.41, 5.74) is 2.45. The lowest BCUT2D eigenvalue weighted by Crippen LogP contribution is -2.06.